The largest absolute Gasteiger partial charge is 0.394 e. The molecule has 6 rings (SSSR count). The minimum absolute atomic E-state index is 0.133. The highest BCUT2D eigenvalue weighted by Crippen LogP contribution is 2.36. The highest BCUT2D eigenvalue weighted by atomic mass is 16.7. The molecule has 0 unspecified atom stereocenters. The summed E-state index contributed by atoms with van der Waals surface area (Å²) in [6.07, 6.45) is -0.00244. The van der Waals surface area contributed by atoms with E-state index in [1.54, 1.807) is 0 Å². The van der Waals surface area contributed by atoms with E-state index in [-0.39, 0.29) is 18.2 Å². The fraction of sp³-hybridized carbons (Fsp3) is 0.617. The summed E-state index contributed by atoms with van der Waals surface area (Å²) in [7, 11) is 0. The van der Waals surface area contributed by atoms with Gasteiger partial charge in [-0.3, -0.25) is 9.59 Å². The fourth-order valence-corrected chi connectivity index (χ4v) is 8.89. The Balaban J connectivity index is 0.742. The first-order valence-electron chi connectivity index (χ1n) is 22.4. The van der Waals surface area contributed by atoms with E-state index >= 15 is 0 Å². The molecule has 0 aromatic heterocycles. The van der Waals surface area contributed by atoms with E-state index in [9.17, 15) is 45.3 Å². The van der Waals surface area contributed by atoms with Crippen molar-refractivity contribution in [3.05, 3.63) is 60.2 Å². The Labute approximate surface area is 357 Å². The summed E-state index contributed by atoms with van der Waals surface area (Å²) in [4.78, 5) is 25.2. The lowest BCUT2D eigenvalue weighted by Gasteiger charge is -2.46. The Hall–Kier alpha value is -3.54. The number of hydrogen-bond donors (Lipinski definition) is 9. The molecule has 0 aliphatic carbocycles. The van der Waals surface area contributed by atoms with Crippen LogP contribution in [0.4, 0.5) is 0 Å². The number of aliphatic hydroxyl groups excluding tert-OH is 7. The molecule has 2 amide bonds. The van der Waals surface area contributed by atoms with Crippen molar-refractivity contribution in [3.63, 3.8) is 0 Å². The lowest BCUT2D eigenvalue weighted by molar-refractivity contribution is -0.343. The zero-order chi connectivity index (χ0) is 43.3. The van der Waals surface area contributed by atoms with E-state index in [2.05, 4.69) is 65.2 Å². The van der Waals surface area contributed by atoms with Gasteiger partial charge in [0.25, 0.3) is 0 Å². The van der Waals surface area contributed by atoms with Gasteiger partial charge in [0.1, 0.15) is 48.8 Å². The number of amides is 2. The maximum absolute atomic E-state index is 12.6. The zero-order valence-corrected chi connectivity index (χ0v) is 35.1. The van der Waals surface area contributed by atoms with Gasteiger partial charge in [0.05, 0.1) is 13.2 Å². The van der Waals surface area contributed by atoms with Gasteiger partial charge >= 0.3 is 0 Å². The van der Waals surface area contributed by atoms with Crippen LogP contribution in [-0.4, -0.2) is 129 Å². The van der Waals surface area contributed by atoms with E-state index in [1.807, 2.05) is 0 Å². The normalized spacial score (nSPS) is 26.9. The molecule has 2 aliphatic rings. The second-order valence-electron chi connectivity index (χ2n) is 16.9. The van der Waals surface area contributed by atoms with E-state index in [4.69, 9.17) is 14.2 Å². The van der Waals surface area contributed by atoms with Gasteiger partial charge in [-0.25, -0.2) is 0 Å². The third-order valence-electron chi connectivity index (χ3n) is 12.4. The first-order chi connectivity index (χ1) is 29.6. The molecule has 2 heterocycles. The lowest BCUT2D eigenvalue weighted by Crippen LogP contribution is -2.66. The van der Waals surface area contributed by atoms with Crippen molar-refractivity contribution in [2.45, 2.75) is 164 Å². The highest BCUT2D eigenvalue weighted by molar-refractivity contribution is 6.23. The average Bonchev–Trinajstić information content (AvgIpc) is 3.27. The third kappa shape index (κ3) is 12.1. The summed E-state index contributed by atoms with van der Waals surface area (Å²) in [6, 6.07) is 19.7. The number of aryl methyl sites for hydroxylation is 1. The lowest BCUT2D eigenvalue weighted by atomic mass is 9.90. The minimum atomic E-state index is -1.76. The number of rotatable bonds is 24. The van der Waals surface area contributed by atoms with Crippen molar-refractivity contribution in [2.24, 2.45) is 0 Å². The van der Waals surface area contributed by atoms with E-state index < -0.39 is 74.6 Å². The van der Waals surface area contributed by atoms with Crippen molar-refractivity contribution in [1.82, 2.24) is 10.6 Å². The quantitative estimate of drug-likeness (QED) is 0.0362. The first kappa shape index (κ1) is 47.0. The van der Waals surface area contributed by atoms with Crippen molar-refractivity contribution in [1.29, 1.82) is 0 Å². The smallest absolute Gasteiger partial charge is 0.222 e. The Bertz CT molecular complexity index is 1940. The summed E-state index contributed by atoms with van der Waals surface area (Å²) in [5.74, 6) is -0.246. The summed E-state index contributed by atoms with van der Waals surface area (Å²) in [5, 5.41) is 84.5. The molecule has 14 nitrogen and oxygen atoms in total. The molecule has 4 aromatic carbocycles. The number of ether oxygens (including phenoxy) is 3. The second kappa shape index (κ2) is 23.2. The van der Waals surface area contributed by atoms with Gasteiger partial charge in [0.15, 0.2) is 12.5 Å². The Morgan fingerprint density at radius 1 is 0.557 bits per heavy atom. The molecular formula is C47H66N2O12. The number of carbonyl (C=O) groups is 2. The Kier molecular flexibility index (Phi) is 17.9. The zero-order valence-electron chi connectivity index (χ0n) is 35.1. The van der Waals surface area contributed by atoms with E-state index in [0.29, 0.717) is 12.8 Å². The maximum Gasteiger partial charge on any atom is 0.222 e. The van der Waals surface area contributed by atoms with Crippen molar-refractivity contribution in [2.75, 3.05) is 19.8 Å². The van der Waals surface area contributed by atoms with Crippen LogP contribution in [0.1, 0.15) is 102 Å². The molecule has 336 valence electrons. The average molecular weight is 851 g/mol. The third-order valence-corrected chi connectivity index (χ3v) is 12.4. The Morgan fingerprint density at radius 3 is 1.79 bits per heavy atom. The predicted octanol–water partition coefficient (Wildman–Crippen LogP) is 3.83. The van der Waals surface area contributed by atoms with Gasteiger partial charge in [-0.05, 0) is 63.6 Å². The topological polar surface area (TPSA) is 227 Å². The van der Waals surface area contributed by atoms with Crippen LogP contribution < -0.4 is 10.6 Å². The van der Waals surface area contributed by atoms with Gasteiger partial charge in [0, 0.05) is 19.4 Å². The van der Waals surface area contributed by atoms with Crippen LogP contribution in [0.15, 0.2) is 54.6 Å². The monoisotopic (exact) mass is 850 g/mol. The van der Waals surface area contributed by atoms with Gasteiger partial charge < -0.3 is 60.6 Å². The van der Waals surface area contributed by atoms with E-state index in [0.717, 1.165) is 57.9 Å². The highest BCUT2D eigenvalue weighted by Gasteiger charge is 2.50. The van der Waals surface area contributed by atoms with Gasteiger partial charge in [-0.1, -0.05) is 119 Å². The number of hydrogen-bond acceptors (Lipinski definition) is 12. The number of unbranched alkanes of at least 4 members (excludes halogenated alkanes) is 11. The number of nitrogens with one attached hydrogen (secondary N) is 2. The molecule has 0 spiro atoms. The molecule has 0 radical (unpaired) electrons. The van der Waals surface area contributed by atoms with Crippen molar-refractivity contribution >= 4 is 44.1 Å². The van der Waals surface area contributed by atoms with Crippen molar-refractivity contribution in [3.8, 4) is 0 Å². The molecule has 2 fully saturated rings. The van der Waals surface area contributed by atoms with Crippen LogP contribution >= 0.6 is 0 Å². The summed E-state index contributed by atoms with van der Waals surface area (Å²) in [5.41, 5.74) is 1.30. The molecule has 4 aromatic rings. The summed E-state index contributed by atoms with van der Waals surface area (Å²) < 4.78 is 16.5. The second-order valence-corrected chi connectivity index (χ2v) is 16.9. The summed E-state index contributed by atoms with van der Waals surface area (Å²) >= 11 is 0. The molecular weight excluding hydrogens is 785 g/mol. The van der Waals surface area contributed by atoms with Gasteiger partial charge in [-0.2, -0.15) is 0 Å². The molecule has 61 heavy (non-hydrogen) atoms. The minimum Gasteiger partial charge on any atom is -0.394 e. The van der Waals surface area contributed by atoms with Gasteiger partial charge in [0.2, 0.25) is 11.8 Å². The summed E-state index contributed by atoms with van der Waals surface area (Å²) in [6.45, 7) is -0.628. The fourth-order valence-electron chi connectivity index (χ4n) is 8.89. The predicted molar refractivity (Wildman–Crippen MR) is 231 cm³/mol. The molecule has 14 heteroatoms. The van der Waals surface area contributed by atoms with Crippen LogP contribution in [0, 0.1) is 0 Å². The number of benzene rings is 4. The maximum atomic E-state index is 12.6. The first-order valence-corrected chi connectivity index (χ1v) is 22.4. The molecule has 0 saturated carbocycles. The van der Waals surface area contributed by atoms with Crippen LogP contribution in [0.25, 0.3) is 32.3 Å². The Morgan fingerprint density at radius 2 is 1.13 bits per heavy atom. The standard InChI is InChI=1S/C47H66N2O12/c50-27-34-40(54)41(55)44(58)47(60-34)61-45-35(28-51)59-46(43(57)42(45)56)49-37(53)18-11-9-7-5-3-1-2-4-6-8-10-12-26-48-36(52)19-14-15-29-20-21-32-23-22-30-16-13-17-31-24-25-33(29)39(32)38(30)31/h13,16-17,20-25,34-35,40-47,50-51,54-58H,1-12,14-15,18-19,26-28H2,(H,48,52)(H,49,53)/t34-,35-,40-,41+,42-,43-,44-,45-,46-,47+/m1/s1. The molecule has 10 atom stereocenters. The van der Waals surface area contributed by atoms with E-state index in [1.165, 1.54) is 70.0 Å². The van der Waals surface area contributed by atoms with Crippen LogP contribution in [0.5, 0.6) is 0 Å². The molecule has 0 bridgehead atoms. The molecule has 2 aliphatic heterocycles. The number of aliphatic hydroxyl groups is 7. The molecule has 2 saturated heterocycles. The van der Waals surface area contributed by atoms with Crippen molar-refractivity contribution < 1.29 is 59.5 Å². The number of carbonyl (C=O) groups excluding carboxylic acids is 2. The SMILES string of the molecule is O=C(CCCc1ccc2ccc3cccc4ccc1c2c34)NCCCCCCCCCCCCCCC(=O)N[C@@H]1O[C@H](CO)[C@@H](O[C@@H]2O[C@H](CO)[C@@H](O)[C@H](O)[C@H]2O)[C@H](O)[C@H]1O. The van der Waals surface area contributed by atoms with Crippen LogP contribution in [0.3, 0.4) is 0 Å². The molecule has 9 N–H and O–H groups in total. The van der Waals surface area contributed by atoms with Crippen LogP contribution in [-0.2, 0) is 30.2 Å². The van der Waals surface area contributed by atoms with Gasteiger partial charge in [-0.15, -0.1) is 0 Å². The van der Waals surface area contributed by atoms with Crippen LogP contribution in [0.2, 0.25) is 0 Å².